The zero-order chi connectivity index (χ0) is 9.00. The molecule has 0 aliphatic heterocycles. The molecule has 0 heterocycles. The van der Waals surface area contributed by atoms with Gasteiger partial charge >= 0.3 is 14.5 Å². The Labute approximate surface area is 83.4 Å². The Morgan fingerprint density at radius 3 is 0.417 bits per heavy atom. The highest BCUT2D eigenvalue weighted by molar-refractivity contribution is 8.93. The molecule has 0 saturated carbocycles. The minimum atomic E-state index is -6.00. The van der Waals surface area contributed by atoms with Crippen LogP contribution in [0.3, 0.4) is 0 Å². The molecule has 0 aromatic carbocycles. The minimum Gasteiger partial charge on any atom is -0.418 e. The van der Waals surface area contributed by atoms with E-state index in [1.165, 1.54) is 0 Å². The van der Waals surface area contributed by atoms with Crippen molar-refractivity contribution in [3.05, 3.63) is 0 Å². The molecule has 0 bridgehead atoms. The smallest absolute Gasteiger partial charge is 0.418 e. The normalized spacial score (nSPS) is 10.0. The third-order valence-corrected chi connectivity index (χ3v) is 0. The number of rotatable bonds is 0. The van der Waals surface area contributed by atoms with E-state index in [0.29, 0.717) is 0 Å². The van der Waals surface area contributed by atoms with Crippen LogP contribution in [0.1, 0.15) is 0 Å². The van der Waals surface area contributed by atoms with Crippen LogP contribution in [-0.2, 0) is 0 Å². The van der Waals surface area contributed by atoms with Crippen LogP contribution in [-0.4, -0.2) is 14.5 Å². The van der Waals surface area contributed by atoms with Crippen LogP contribution in [0.5, 0.6) is 0 Å². The van der Waals surface area contributed by atoms with Crippen molar-refractivity contribution in [2.24, 2.45) is 0 Å². The highest BCUT2D eigenvalue weighted by Crippen LogP contribution is 2.07. The lowest BCUT2D eigenvalue weighted by Crippen LogP contribution is -2.02. The quantitative estimate of drug-likeness (QED) is 0.467. The van der Waals surface area contributed by atoms with E-state index >= 15 is 0 Å². The average molecular weight is 335 g/mol. The van der Waals surface area contributed by atoms with Crippen LogP contribution in [0.15, 0.2) is 0 Å². The summed E-state index contributed by atoms with van der Waals surface area (Å²) in [4.78, 5) is 0. The molecule has 0 unspecified atom stereocenters. The van der Waals surface area contributed by atoms with E-state index in [2.05, 4.69) is 0 Å². The van der Waals surface area contributed by atoms with Gasteiger partial charge in [-0.25, -0.2) is 0 Å². The van der Waals surface area contributed by atoms with Crippen molar-refractivity contribution in [2.45, 2.75) is 0 Å². The largest absolute Gasteiger partial charge is 0.673 e. The van der Waals surface area contributed by atoms with Gasteiger partial charge in [-0.05, 0) is 0 Å². The predicted molar refractivity (Wildman–Crippen MR) is 41.0 cm³/mol. The summed E-state index contributed by atoms with van der Waals surface area (Å²) in [6.45, 7) is 0. The summed E-state index contributed by atoms with van der Waals surface area (Å²) in [7, 11) is -12.0. The maximum Gasteiger partial charge on any atom is 0.673 e. The van der Waals surface area contributed by atoms with Crippen LogP contribution < -0.4 is 0 Å². The van der Waals surface area contributed by atoms with Gasteiger partial charge in [-0.15, -0.1) is 34.0 Å². The summed E-state index contributed by atoms with van der Waals surface area (Å²) in [6.07, 6.45) is 0. The van der Waals surface area contributed by atoms with Crippen LogP contribution in [0.4, 0.5) is 34.5 Å². The van der Waals surface area contributed by atoms with Crippen molar-refractivity contribution in [2.75, 3.05) is 0 Å². The first kappa shape index (κ1) is 22.9. The molecular formula is H2B2Br2F8-2. The molecule has 0 saturated heterocycles. The Morgan fingerprint density at radius 2 is 0.417 bits per heavy atom. The number of halogens is 10. The molecular weight excluding hydrogens is 333 g/mol. The fraction of sp³-hybridized carbons (Fsp3) is 0. The highest BCUT2D eigenvalue weighted by atomic mass is 79.9. The molecule has 0 radical (unpaired) electrons. The Kier molecular flexibility index (Phi) is 15.5. The van der Waals surface area contributed by atoms with Gasteiger partial charge in [0.2, 0.25) is 0 Å². The van der Waals surface area contributed by atoms with Crippen LogP contribution in [0, 0.1) is 0 Å². The highest BCUT2D eigenvalue weighted by Gasteiger charge is 2.21. The Morgan fingerprint density at radius 1 is 0.417 bits per heavy atom. The van der Waals surface area contributed by atoms with Gasteiger partial charge in [0, 0.05) is 0 Å². The molecule has 0 atom stereocenters. The maximum absolute atomic E-state index is 9.75. The van der Waals surface area contributed by atoms with E-state index in [0.717, 1.165) is 0 Å². The second-order valence-corrected chi connectivity index (χ2v) is 0.990. The lowest BCUT2D eigenvalue weighted by atomic mass is 10.3. The van der Waals surface area contributed by atoms with Crippen molar-refractivity contribution in [1.29, 1.82) is 0 Å². The van der Waals surface area contributed by atoms with Gasteiger partial charge in [0.1, 0.15) is 0 Å². The van der Waals surface area contributed by atoms with Crippen molar-refractivity contribution >= 4 is 48.5 Å². The second-order valence-electron chi connectivity index (χ2n) is 0.990. The zero-order valence-electron chi connectivity index (χ0n) is 4.99. The molecule has 0 rings (SSSR count). The summed E-state index contributed by atoms with van der Waals surface area (Å²) >= 11 is 0. The standard InChI is InChI=1S/2BF4.2BrH/c2*2-1(3,4)5;;/h;;2*1H/q2*-1;;. The molecule has 0 aliphatic rings. The van der Waals surface area contributed by atoms with Gasteiger partial charge in [0.15, 0.2) is 0 Å². The summed E-state index contributed by atoms with van der Waals surface area (Å²) in [6, 6.07) is 0. The third-order valence-electron chi connectivity index (χ3n) is 0. The van der Waals surface area contributed by atoms with Gasteiger partial charge in [0.25, 0.3) is 0 Å². The van der Waals surface area contributed by atoms with E-state index < -0.39 is 14.5 Å². The van der Waals surface area contributed by atoms with Crippen LogP contribution >= 0.6 is 34.0 Å². The second kappa shape index (κ2) is 8.14. The molecule has 0 amide bonds. The zero-order valence-corrected chi connectivity index (χ0v) is 8.42. The molecule has 0 fully saturated rings. The molecule has 0 aliphatic carbocycles. The van der Waals surface area contributed by atoms with Crippen molar-refractivity contribution in [1.82, 2.24) is 0 Å². The van der Waals surface area contributed by atoms with Crippen molar-refractivity contribution in [3.8, 4) is 0 Å². The van der Waals surface area contributed by atoms with Crippen molar-refractivity contribution < 1.29 is 34.5 Å². The third kappa shape index (κ3) is 3410. The predicted octanol–water partition coefficient (Wildman–Crippen LogP) is 3.76. The van der Waals surface area contributed by atoms with Gasteiger partial charge in [-0.1, -0.05) is 0 Å². The topological polar surface area (TPSA) is 0 Å². The monoisotopic (exact) mass is 334 g/mol. The first-order chi connectivity index (χ1) is 4.00. The van der Waals surface area contributed by atoms with Gasteiger partial charge in [0.05, 0.1) is 0 Å². The fourth-order valence-electron chi connectivity index (χ4n) is 0. The van der Waals surface area contributed by atoms with Gasteiger partial charge in [-0.3, -0.25) is 0 Å². The molecule has 0 aromatic heterocycles. The summed E-state index contributed by atoms with van der Waals surface area (Å²) in [5.41, 5.74) is 0. The lowest BCUT2D eigenvalue weighted by Gasteiger charge is -1.94. The molecule has 0 N–H and O–H groups in total. The molecule has 0 aromatic rings. The first-order valence-electron chi connectivity index (χ1n) is 1.75. The lowest BCUT2D eigenvalue weighted by molar-refractivity contribution is 0.366. The minimum absolute atomic E-state index is 0. The van der Waals surface area contributed by atoms with E-state index in [1.54, 1.807) is 0 Å². The molecule has 0 nitrogen and oxygen atoms in total. The van der Waals surface area contributed by atoms with E-state index in [9.17, 15) is 34.5 Å². The average Bonchev–Trinajstić information content (AvgIpc) is 1.12. The number of hydrogen-bond donors (Lipinski definition) is 0. The first-order valence-corrected chi connectivity index (χ1v) is 1.75. The Bertz CT molecular complexity index is 58.0. The van der Waals surface area contributed by atoms with E-state index in [-0.39, 0.29) is 34.0 Å². The van der Waals surface area contributed by atoms with Gasteiger partial charge in [-0.2, -0.15) is 0 Å². The fourth-order valence-corrected chi connectivity index (χ4v) is 0. The number of hydrogen-bond acceptors (Lipinski definition) is 0. The SMILES string of the molecule is Br.Br.F[B-](F)(F)F.F[B-](F)(F)F. The van der Waals surface area contributed by atoms with E-state index in [4.69, 9.17) is 0 Å². The maximum atomic E-state index is 9.75. The Hall–Kier alpha value is 0.530. The molecule has 0 spiro atoms. The van der Waals surface area contributed by atoms with Crippen LogP contribution in [0.2, 0.25) is 0 Å². The van der Waals surface area contributed by atoms with Crippen molar-refractivity contribution in [3.63, 3.8) is 0 Å². The Balaban J connectivity index is -0.0000000457. The molecule has 12 heavy (non-hydrogen) atoms. The summed E-state index contributed by atoms with van der Waals surface area (Å²) in [5.74, 6) is 0. The molecule has 12 heteroatoms. The summed E-state index contributed by atoms with van der Waals surface area (Å²) in [5, 5.41) is 0. The van der Waals surface area contributed by atoms with Gasteiger partial charge < -0.3 is 34.5 Å². The summed E-state index contributed by atoms with van der Waals surface area (Å²) < 4.78 is 78.0. The van der Waals surface area contributed by atoms with Crippen LogP contribution in [0.25, 0.3) is 0 Å². The van der Waals surface area contributed by atoms with E-state index in [1.807, 2.05) is 0 Å². The molecule has 80 valence electrons.